The maximum absolute atomic E-state index is 12.6. The van der Waals surface area contributed by atoms with Gasteiger partial charge in [0.25, 0.3) is 5.91 Å². The van der Waals surface area contributed by atoms with E-state index in [1.54, 1.807) is 37.3 Å². The summed E-state index contributed by atoms with van der Waals surface area (Å²) >= 11 is 6.01. The van der Waals surface area contributed by atoms with Crippen molar-refractivity contribution in [1.29, 1.82) is 0 Å². The third kappa shape index (κ3) is 6.82. The van der Waals surface area contributed by atoms with Crippen LogP contribution in [0.3, 0.4) is 0 Å². The Morgan fingerprint density at radius 1 is 1.09 bits per heavy atom. The van der Waals surface area contributed by atoms with Gasteiger partial charge in [-0.2, -0.15) is 5.10 Å². The van der Waals surface area contributed by atoms with Crippen molar-refractivity contribution in [1.82, 2.24) is 10.7 Å². The molecule has 0 aliphatic rings. The van der Waals surface area contributed by atoms with Crippen LogP contribution in [0.2, 0.25) is 5.02 Å². The Morgan fingerprint density at radius 3 is 2.42 bits per heavy atom. The summed E-state index contributed by atoms with van der Waals surface area (Å²) in [4.78, 5) is 25.2. The summed E-state index contributed by atoms with van der Waals surface area (Å²) in [5.41, 5.74) is 4.31. The molecule has 3 N–H and O–H groups in total. The quantitative estimate of drug-likeness (QED) is 0.321. The maximum Gasteiger partial charge on any atom is 0.251 e. The van der Waals surface area contributed by atoms with Crippen molar-refractivity contribution in [2.45, 2.75) is 19.4 Å². The van der Waals surface area contributed by atoms with Crippen molar-refractivity contribution >= 4 is 29.6 Å². The molecule has 3 rings (SSSR count). The predicted octanol–water partition coefficient (Wildman–Crippen LogP) is 4.46. The van der Waals surface area contributed by atoms with Crippen molar-refractivity contribution in [2.75, 3.05) is 6.61 Å². The SMILES string of the molecule is CCOc1cc(/C=N\NC(=O)C[C@H](NC(=O)c2ccccc2)c2ccccc2)cc(Cl)c1O. The largest absolute Gasteiger partial charge is 0.503 e. The van der Waals surface area contributed by atoms with Gasteiger partial charge in [-0.25, -0.2) is 5.43 Å². The highest BCUT2D eigenvalue weighted by molar-refractivity contribution is 6.32. The molecule has 33 heavy (non-hydrogen) atoms. The highest BCUT2D eigenvalue weighted by atomic mass is 35.5. The lowest BCUT2D eigenvalue weighted by Gasteiger charge is -2.18. The Balaban J connectivity index is 1.68. The normalized spacial score (nSPS) is 11.7. The molecule has 0 saturated carbocycles. The lowest BCUT2D eigenvalue weighted by Crippen LogP contribution is -2.32. The molecule has 0 bridgehead atoms. The second-order valence-corrected chi connectivity index (χ2v) is 7.49. The Kier molecular flexibility index (Phi) is 8.43. The van der Waals surface area contributed by atoms with Crippen LogP contribution >= 0.6 is 11.6 Å². The second-order valence-electron chi connectivity index (χ2n) is 7.08. The molecule has 0 radical (unpaired) electrons. The molecule has 0 aromatic heterocycles. The van der Waals surface area contributed by atoms with Gasteiger partial charge in [0.15, 0.2) is 11.5 Å². The third-order valence-electron chi connectivity index (χ3n) is 4.69. The van der Waals surface area contributed by atoms with Crippen LogP contribution in [-0.2, 0) is 4.79 Å². The van der Waals surface area contributed by atoms with Crippen LogP contribution in [0.4, 0.5) is 0 Å². The number of hydrogen-bond donors (Lipinski definition) is 3. The highest BCUT2D eigenvalue weighted by Gasteiger charge is 2.19. The van der Waals surface area contributed by atoms with Crippen LogP contribution in [-0.4, -0.2) is 29.7 Å². The number of ether oxygens (including phenoxy) is 1. The number of nitrogens with one attached hydrogen (secondary N) is 2. The van der Waals surface area contributed by atoms with E-state index in [0.29, 0.717) is 17.7 Å². The minimum absolute atomic E-state index is 0.0134. The highest BCUT2D eigenvalue weighted by Crippen LogP contribution is 2.34. The molecule has 0 spiro atoms. The van der Waals surface area contributed by atoms with Crippen molar-refractivity contribution in [3.05, 3.63) is 94.5 Å². The van der Waals surface area contributed by atoms with Gasteiger partial charge in [0.05, 0.1) is 30.3 Å². The maximum atomic E-state index is 12.6. The molecule has 8 heteroatoms. The van der Waals surface area contributed by atoms with E-state index in [1.807, 2.05) is 36.4 Å². The van der Waals surface area contributed by atoms with Gasteiger partial charge in [-0.3, -0.25) is 9.59 Å². The van der Waals surface area contributed by atoms with E-state index in [-0.39, 0.29) is 34.8 Å². The number of benzene rings is 3. The van der Waals surface area contributed by atoms with Gasteiger partial charge in [-0.15, -0.1) is 0 Å². The van der Waals surface area contributed by atoms with E-state index in [2.05, 4.69) is 15.8 Å². The van der Waals surface area contributed by atoms with Gasteiger partial charge in [0.2, 0.25) is 5.91 Å². The van der Waals surface area contributed by atoms with E-state index in [1.165, 1.54) is 12.3 Å². The summed E-state index contributed by atoms with van der Waals surface area (Å²) in [5.74, 6) is -0.587. The van der Waals surface area contributed by atoms with Crippen LogP contribution in [0.15, 0.2) is 77.9 Å². The molecule has 7 nitrogen and oxygen atoms in total. The van der Waals surface area contributed by atoms with E-state index < -0.39 is 6.04 Å². The topological polar surface area (TPSA) is 100 Å². The Labute approximate surface area is 197 Å². The average Bonchev–Trinajstić information content (AvgIpc) is 2.83. The van der Waals surface area contributed by atoms with Crippen molar-refractivity contribution < 1.29 is 19.4 Å². The molecule has 0 aliphatic carbocycles. The van der Waals surface area contributed by atoms with Gasteiger partial charge in [-0.1, -0.05) is 60.1 Å². The average molecular weight is 466 g/mol. The smallest absolute Gasteiger partial charge is 0.251 e. The number of hydrazone groups is 1. The van der Waals surface area contributed by atoms with Crippen molar-refractivity contribution in [2.24, 2.45) is 5.10 Å². The summed E-state index contributed by atoms with van der Waals surface area (Å²) < 4.78 is 5.34. The zero-order chi connectivity index (χ0) is 23.6. The first-order valence-electron chi connectivity index (χ1n) is 10.4. The van der Waals surface area contributed by atoms with Gasteiger partial charge in [0.1, 0.15) is 0 Å². The summed E-state index contributed by atoms with van der Waals surface area (Å²) in [6.45, 7) is 2.14. The summed E-state index contributed by atoms with van der Waals surface area (Å²) in [5, 5.41) is 16.9. The number of aromatic hydroxyl groups is 1. The van der Waals surface area contributed by atoms with Crippen LogP contribution < -0.4 is 15.5 Å². The summed E-state index contributed by atoms with van der Waals surface area (Å²) in [7, 11) is 0. The second kappa shape index (κ2) is 11.7. The molecular weight excluding hydrogens is 442 g/mol. The zero-order valence-electron chi connectivity index (χ0n) is 18.0. The molecule has 170 valence electrons. The molecular formula is C25H24ClN3O4. The number of amides is 2. The summed E-state index contributed by atoms with van der Waals surface area (Å²) in [6, 6.07) is 20.6. The fourth-order valence-corrected chi connectivity index (χ4v) is 3.33. The minimum Gasteiger partial charge on any atom is -0.503 e. The number of phenols is 1. The molecule has 2 amide bonds. The van der Waals surface area contributed by atoms with Crippen molar-refractivity contribution in [3.63, 3.8) is 0 Å². The minimum atomic E-state index is -0.540. The van der Waals surface area contributed by atoms with Gasteiger partial charge in [0, 0.05) is 5.56 Å². The zero-order valence-corrected chi connectivity index (χ0v) is 18.8. The Bertz CT molecular complexity index is 1120. The Morgan fingerprint density at radius 2 is 1.76 bits per heavy atom. The lowest BCUT2D eigenvalue weighted by molar-refractivity contribution is -0.121. The molecule has 1 atom stereocenters. The predicted molar refractivity (Wildman–Crippen MR) is 128 cm³/mol. The number of carbonyl (C=O) groups is 2. The number of phenolic OH excluding ortho intramolecular Hbond substituents is 1. The van der Waals surface area contributed by atoms with Crippen LogP contribution in [0.5, 0.6) is 11.5 Å². The first kappa shape index (κ1) is 23.8. The van der Waals surface area contributed by atoms with Crippen LogP contribution in [0.1, 0.15) is 40.9 Å². The molecule has 0 aliphatic heterocycles. The van der Waals surface area contributed by atoms with Crippen LogP contribution in [0, 0.1) is 0 Å². The molecule has 0 fully saturated rings. The standard InChI is InChI=1S/C25H24ClN3O4/c1-2-33-22-14-17(13-20(26)24(22)31)16-27-29-23(30)15-21(18-9-5-3-6-10-18)28-25(32)19-11-7-4-8-12-19/h3-14,16,21,31H,2,15H2,1H3,(H,28,32)(H,29,30)/b27-16-/t21-/m0/s1. The molecule has 3 aromatic carbocycles. The van der Waals surface area contributed by atoms with E-state index in [0.717, 1.165) is 5.56 Å². The summed E-state index contributed by atoms with van der Waals surface area (Å²) in [6.07, 6.45) is 1.38. The van der Waals surface area contributed by atoms with Crippen LogP contribution in [0.25, 0.3) is 0 Å². The first-order valence-corrected chi connectivity index (χ1v) is 10.7. The first-order chi connectivity index (χ1) is 16.0. The molecule has 3 aromatic rings. The van der Waals surface area contributed by atoms with E-state index in [9.17, 15) is 14.7 Å². The van der Waals surface area contributed by atoms with E-state index >= 15 is 0 Å². The fraction of sp³-hybridized carbons (Fsp3) is 0.160. The lowest BCUT2D eigenvalue weighted by atomic mass is 10.0. The van der Waals surface area contributed by atoms with Crippen molar-refractivity contribution in [3.8, 4) is 11.5 Å². The number of carbonyl (C=O) groups excluding carboxylic acids is 2. The van der Waals surface area contributed by atoms with E-state index in [4.69, 9.17) is 16.3 Å². The van der Waals surface area contributed by atoms with Gasteiger partial charge >= 0.3 is 0 Å². The van der Waals surface area contributed by atoms with Gasteiger partial charge < -0.3 is 15.2 Å². The number of nitrogens with zero attached hydrogens (tertiary/aromatic N) is 1. The number of hydrogen-bond acceptors (Lipinski definition) is 5. The molecule has 0 heterocycles. The van der Waals surface area contributed by atoms with Gasteiger partial charge in [-0.05, 0) is 42.3 Å². The number of halogens is 1. The Hall–Kier alpha value is -3.84. The number of rotatable bonds is 9. The molecule has 0 saturated heterocycles. The fourth-order valence-electron chi connectivity index (χ4n) is 3.11. The third-order valence-corrected chi connectivity index (χ3v) is 4.97. The molecule has 0 unspecified atom stereocenters. The monoisotopic (exact) mass is 465 g/mol.